The average molecular weight is 730 g/mol. The predicted octanol–water partition coefficient (Wildman–Crippen LogP) is 12.9. The molecule has 0 radical (unpaired) electrons. The van der Waals surface area contributed by atoms with Crippen molar-refractivity contribution in [1.82, 2.24) is 24.9 Å². The van der Waals surface area contributed by atoms with Crippen LogP contribution in [0.1, 0.15) is 0 Å². The summed E-state index contributed by atoms with van der Waals surface area (Å²) < 4.78 is 6.27. The molecular weight excluding hydrogens is 699 g/mol. The lowest BCUT2D eigenvalue weighted by atomic mass is 9.99. The van der Waals surface area contributed by atoms with Crippen LogP contribution in [0.4, 0.5) is 0 Å². The van der Waals surface area contributed by atoms with E-state index in [9.17, 15) is 0 Å². The summed E-state index contributed by atoms with van der Waals surface area (Å²) in [6.45, 7) is 0. The molecule has 3 aromatic heterocycles. The Bertz CT molecular complexity index is 3250. The molecule has 0 bridgehead atoms. The number of hydrogen-bond acceptors (Lipinski definition) is 6. The topological polar surface area (TPSA) is 77.6 Å². The van der Waals surface area contributed by atoms with E-state index >= 15 is 0 Å². The standard InChI is InChI=1S/C51H31N5O/c1-3-9-32(10-4-1)33-19-23-38(24-20-33)50-54-49(37-11-5-2-6-12-37)55-51(56-50)39-25-21-35(22-26-39)34-15-17-36(18-16-34)40-27-29-43-45(31-40)53-47-44(52-43)30-28-42-41-13-7-8-14-46(41)57-48(42)47/h1-31H. The molecule has 0 saturated carbocycles. The van der Waals surface area contributed by atoms with Gasteiger partial charge in [0.15, 0.2) is 23.1 Å². The maximum Gasteiger partial charge on any atom is 0.164 e. The second-order valence-electron chi connectivity index (χ2n) is 14.1. The van der Waals surface area contributed by atoms with E-state index in [1.165, 1.54) is 5.56 Å². The van der Waals surface area contributed by atoms with Crippen LogP contribution < -0.4 is 0 Å². The number of para-hydroxylation sites is 1. The van der Waals surface area contributed by atoms with Crippen molar-refractivity contribution in [2.75, 3.05) is 0 Å². The van der Waals surface area contributed by atoms with Crippen molar-refractivity contribution >= 4 is 44.0 Å². The van der Waals surface area contributed by atoms with Crippen molar-refractivity contribution in [3.63, 3.8) is 0 Å². The third-order valence-corrected chi connectivity index (χ3v) is 10.6. The normalized spacial score (nSPS) is 11.5. The first-order valence-electron chi connectivity index (χ1n) is 18.9. The minimum absolute atomic E-state index is 0.626. The van der Waals surface area contributed by atoms with Gasteiger partial charge >= 0.3 is 0 Å². The van der Waals surface area contributed by atoms with E-state index in [2.05, 4.69) is 121 Å². The summed E-state index contributed by atoms with van der Waals surface area (Å²) in [5.41, 5.74) is 14.4. The quantitative estimate of drug-likeness (QED) is 0.159. The lowest BCUT2D eigenvalue weighted by Gasteiger charge is -2.10. The van der Waals surface area contributed by atoms with Gasteiger partial charge in [0.1, 0.15) is 11.1 Å². The summed E-state index contributed by atoms with van der Waals surface area (Å²) in [5, 5.41) is 2.13. The van der Waals surface area contributed by atoms with Crippen LogP contribution in [0.5, 0.6) is 0 Å². The Balaban J connectivity index is 0.892. The maximum atomic E-state index is 6.27. The van der Waals surface area contributed by atoms with Gasteiger partial charge < -0.3 is 4.42 Å². The Kier molecular flexibility index (Phi) is 7.71. The molecule has 0 unspecified atom stereocenters. The molecular formula is C51H31N5O. The molecule has 0 spiro atoms. The van der Waals surface area contributed by atoms with Crippen LogP contribution in [0.3, 0.4) is 0 Å². The number of nitrogens with zero attached hydrogens (tertiary/aromatic N) is 5. The zero-order valence-electron chi connectivity index (χ0n) is 30.5. The Hall–Kier alpha value is -7.83. The highest BCUT2D eigenvalue weighted by Gasteiger charge is 2.15. The first-order valence-corrected chi connectivity index (χ1v) is 18.9. The van der Waals surface area contributed by atoms with Crippen LogP contribution in [-0.4, -0.2) is 24.9 Å². The molecule has 0 atom stereocenters. The van der Waals surface area contributed by atoms with Gasteiger partial charge in [-0.15, -0.1) is 0 Å². The van der Waals surface area contributed by atoms with E-state index in [4.69, 9.17) is 29.3 Å². The molecule has 0 amide bonds. The van der Waals surface area contributed by atoms with Gasteiger partial charge in [0.25, 0.3) is 0 Å². The van der Waals surface area contributed by atoms with Crippen LogP contribution in [0, 0.1) is 0 Å². The van der Waals surface area contributed by atoms with E-state index in [1.54, 1.807) is 0 Å². The Morgan fingerprint density at radius 3 is 1.32 bits per heavy atom. The molecule has 0 aliphatic carbocycles. The largest absolute Gasteiger partial charge is 0.454 e. The highest BCUT2D eigenvalue weighted by molar-refractivity contribution is 6.14. The molecule has 57 heavy (non-hydrogen) atoms. The molecule has 0 saturated heterocycles. The van der Waals surface area contributed by atoms with Crippen molar-refractivity contribution in [2.24, 2.45) is 0 Å². The summed E-state index contributed by atoms with van der Waals surface area (Å²) in [6.07, 6.45) is 0. The molecule has 0 N–H and O–H groups in total. The van der Waals surface area contributed by atoms with Gasteiger partial charge in [0.05, 0.1) is 16.6 Å². The number of aromatic nitrogens is 5. The average Bonchev–Trinajstić information content (AvgIpc) is 3.68. The molecule has 8 aromatic carbocycles. The van der Waals surface area contributed by atoms with Crippen molar-refractivity contribution in [3.05, 3.63) is 188 Å². The second-order valence-corrected chi connectivity index (χ2v) is 14.1. The van der Waals surface area contributed by atoms with Crippen molar-refractivity contribution in [1.29, 1.82) is 0 Å². The Labute approximate surface area is 327 Å². The lowest BCUT2D eigenvalue weighted by Crippen LogP contribution is -2.00. The summed E-state index contributed by atoms with van der Waals surface area (Å²) >= 11 is 0. The first-order chi connectivity index (χ1) is 28.2. The molecule has 6 nitrogen and oxygen atoms in total. The van der Waals surface area contributed by atoms with Crippen molar-refractivity contribution in [2.45, 2.75) is 0 Å². The summed E-state index contributed by atoms with van der Waals surface area (Å²) in [6, 6.07) is 64.3. The fourth-order valence-electron chi connectivity index (χ4n) is 7.56. The molecule has 3 heterocycles. The third kappa shape index (κ3) is 5.97. The SMILES string of the molecule is c1ccc(-c2ccc(-c3nc(-c4ccccc4)nc(-c4ccc(-c5ccc(-c6ccc7nc8ccc9c%10ccccc%10oc9c8nc7c6)cc5)cc4)n3)cc2)cc1. The third-order valence-electron chi connectivity index (χ3n) is 10.6. The van der Waals surface area contributed by atoms with Crippen LogP contribution in [0.15, 0.2) is 192 Å². The van der Waals surface area contributed by atoms with Crippen LogP contribution in [-0.2, 0) is 0 Å². The van der Waals surface area contributed by atoms with Gasteiger partial charge in [0, 0.05) is 27.5 Å². The first kappa shape index (κ1) is 32.6. The molecule has 0 fully saturated rings. The molecule has 0 aliphatic heterocycles. The van der Waals surface area contributed by atoms with Gasteiger partial charge in [-0.2, -0.15) is 0 Å². The zero-order chi connectivity index (χ0) is 37.7. The Morgan fingerprint density at radius 1 is 0.281 bits per heavy atom. The zero-order valence-corrected chi connectivity index (χ0v) is 30.5. The number of furan rings is 1. The number of fused-ring (bicyclic) bond motifs is 6. The fraction of sp³-hybridized carbons (Fsp3) is 0. The molecule has 11 rings (SSSR count). The van der Waals surface area contributed by atoms with E-state index in [-0.39, 0.29) is 0 Å². The summed E-state index contributed by atoms with van der Waals surface area (Å²) in [7, 11) is 0. The molecule has 0 aliphatic rings. The van der Waals surface area contributed by atoms with Crippen molar-refractivity contribution in [3.8, 4) is 67.5 Å². The van der Waals surface area contributed by atoms with E-state index < -0.39 is 0 Å². The van der Waals surface area contributed by atoms with Crippen molar-refractivity contribution < 1.29 is 4.42 Å². The lowest BCUT2D eigenvalue weighted by molar-refractivity contribution is 0.671. The maximum absolute atomic E-state index is 6.27. The molecule has 266 valence electrons. The highest BCUT2D eigenvalue weighted by atomic mass is 16.3. The van der Waals surface area contributed by atoms with E-state index in [0.29, 0.717) is 17.5 Å². The molecule has 6 heteroatoms. The number of benzene rings is 8. The predicted molar refractivity (Wildman–Crippen MR) is 230 cm³/mol. The van der Waals surface area contributed by atoms with Crippen LogP contribution >= 0.6 is 0 Å². The van der Waals surface area contributed by atoms with Gasteiger partial charge in [-0.1, -0.05) is 158 Å². The number of rotatable bonds is 6. The Morgan fingerprint density at radius 2 is 0.719 bits per heavy atom. The van der Waals surface area contributed by atoms with E-state index in [0.717, 1.165) is 88.5 Å². The summed E-state index contributed by atoms with van der Waals surface area (Å²) in [4.78, 5) is 24.8. The van der Waals surface area contributed by atoms with Gasteiger partial charge in [0.2, 0.25) is 0 Å². The van der Waals surface area contributed by atoms with Crippen LogP contribution in [0.2, 0.25) is 0 Å². The van der Waals surface area contributed by atoms with Crippen LogP contribution in [0.25, 0.3) is 112 Å². The number of hydrogen-bond donors (Lipinski definition) is 0. The minimum atomic E-state index is 0.626. The second kappa shape index (κ2) is 13.5. The minimum Gasteiger partial charge on any atom is -0.454 e. The van der Waals surface area contributed by atoms with Gasteiger partial charge in [-0.25, -0.2) is 24.9 Å². The fourth-order valence-corrected chi connectivity index (χ4v) is 7.56. The van der Waals surface area contributed by atoms with E-state index in [1.807, 2.05) is 66.7 Å². The highest BCUT2D eigenvalue weighted by Crippen LogP contribution is 2.35. The molecule has 11 aromatic rings. The monoisotopic (exact) mass is 729 g/mol. The smallest absolute Gasteiger partial charge is 0.164 e. The van der Waals surface area contributed by atoms with Gasteiger partial charge in [-0.3, -0.25) is 0 Å². The summed E-state index contributed by atoms with van der Waals surface area (Å²) in [5.74, 6) is 1.90. The van der Waals surface area contributed by atoms with Gasteiger partial charge in [-0.05, 0) is 63.7 Å².